The summed E-state index contributed by atoms with van der Waals surface area (Å²) < 4.78 is 4.88. The molecule has 0 atom stereocenters. The Morgan fingerprint density at radius 2 is 2.29 bits per heavy atom. The number of thioether (sulfide) groups is 1. The Bertz CT molecular complexity index is 953. The molecule has 10 heteroatoms. The number of aromatic nitrogens is 5. The first-order valence-electron chi connectivity index (χ1n) is 7.50. The van der Waals surface area contributed by atoms with E-state index in [0.29, 0.717) is 11.2 Å². The monoisotopic (exact) mass is 361 g/mol. The van der Waals surface area contributed by atoms with Crippen LogP contribution in [0.5, 0.6) is 0 Å². The number of nitrogens with one attached hydrogen (secondary N) is 1. The summed E-state index contributed by atoms with van der Waals surface area (Å²) in [5.41, 5.74) is 3.70. The minimum absolute atomic E-state index is 0.178. The lowest BCUT2D eigenvalue weighted by Gasteiger charge is -2.01. The molecule has 0 bridgehead atoms. The van der Waals surface area contributed by atoms with E-state index in [1.807, 2.05) is 35.9 Å². The SMILES string of the molecule is Cn1/c(=N/NC(=O)CSc2nnnn2C2CC2)sc2ccccc21. The molecule has 0 aliphatic heterocycles. The number of rotatable bonds is 5. The van der Waals surface area contributed by atoms with E-state index in [4.69, 9.17) is 0 Å². The Kier molecular flexibility index (Phi) is 4.07. The van der Waals surface area contributed by atoms with Crippen LogP contribution in [0.3, 0.4) is 0 Å². The van der Waals surface area contributed by atoms with Crippen molar-refractivity contribution in [1.82, 2.24) is 30.2 Å². The van der Waals surface area contributed by atoms with E-state index in [2.05, 4.69) is 26.1 Å². The van der Waals surface area contributed by atoms with Crippen molar-refractivity contribution in [3.8, 4) is 0 Å². The zero-order valence-corrected chi connectivity index (χ0v) is 14.5. The van der Waals surface area contributed by atoms with Gasteiger partial charge in [0.05, 0.1) is 22.0 Å². The summed E-state index contributed by atoms with van der Waals surface area (Å²) in [6.45, 7) is 0. The van der Waals surface area contributed by atoms with Gasteiger partial charge in [0.1, 0.15) is 0 Å². The molecule has 2 aromatic heterocycles. The maximum atomic E-state index is 12.0. The van der Waals surface area contributed by atoms with Crippen molar-refractivity contribution in [2.45, 2.75) is 24.0 Å². The molecular weight excluding hydrogens is 346 g/mol. The Morgan fingerprint density at radius 3 is 3.08 bits per heavy atom. The van der Waals surface area contributed by atoms with Gasteiger partial charge in [-0.3, -0.25) is 4.79 Å². The molecule has 1 aliphatic rings. The van der Waals surface area contributed by atoms with Crippen LogP contribution in [0, 0.1) is 0 Å². The second-order valence-electron chi connectivity index (χ2n) is 5.48. The zero-order valence-electron chi connectivity index (χ0n) is 12.9. The topological polar surface area (TPSA) is 90.0 Å². The second-order valence-corrected chi connectivity index (χ2v) is 7.44. The molecule has 8 nitrogen and oxygen atoms in total. The van der Waals surface area contributed by atoms with Crippen molar-refractivity contribution in [3.63, 3.8) is 0 Å². The van der Waals surface area contributed by atoms with E-state index in [1.165, 1.54) is 23.1 Å². The van der Waals surface area contributed by atoms with Crippen molar-refractivity contribution >= 4 is 39.2 Å². The highest BCUT2D eigenvalue weighted by Crippen LogP contribution is 2.36. The number of fused-ring (bicyclic) bond motifs is 1. The highest BCUT2D eigenvalue weighted by Gasteiger charge is 2.28. The summed E-state index contributed by atoms with van der Waals surface area (Å²) in [6, 6.07) is 8.43. The summed E-state index contributed by atoms with van der Waals surface area (Å²) in [4.78, 5) is 12.8. The molecular formula is C14H15N7OS2. The smallest absolute Gasteiger partial charge is 0.250 e. The fourth-order valence-electron chi connectivity index (χ4n) is 2.29. The van der Waals surface area contributed by atoms with Crippen molar-refractivity contribution in [3.05, 3.63) is 29.1 Å². The van der Waals surface area contributed by atoms with Gasteiger partial charge in [0, 0.05) is 7.05 Å². The number of tetrazole rings is 1. The van der Waals surface area contributed by atoms with Crippen LogP contribution in [0.4, 0.5) is 0 Å². The lowest BCUT2D eigenvalue weighted by atomic mass is 10.3. The van der Waals surface area contributed by atoms with E-state index in [9.17, 15) is 4.79 Å². The first-order valence-corrected chi connectivity index (χ1v) is 9.30. The Morgan fingerprint density at radius 1 is 1.46 bits per heavy atom. The predicted molar refractivity (Wildman–Crippen MR) is 91.3 cm³/mol. The van der Waals surface area contributed by atoms with E-state index in [1.54, 1.807) is 4.68 Å². The van der Waals surface area contributed by atoms with Gasteiger partial charge < -0.3 is 4.57 Å². The number of amides is 1. The molecule has 24 heavy (non-hydrogen) atoms. The van der Waals surface area contributed by atoms with Gasteiger partial charge in [0.15, 0.2) is 0 Å². The molecule has 1 saturated carbocycles. The van der Waals surface area contributed by atoms with Crippen LogP contribution in [-0.4, -0.2) is 36.4 Å². The van der Waals surface area contributed by atoms with Crippen LogP contribution < -0.4 is 10.2 Å². The highest BCUT2D eigenvalue weighted by atomic mass is 32.2. The molecule has 1 amide bonds. The van der Waals surface area contributed by atoms with E-state index >= 15 is 0 Å². The van der Waals surface area contributed by atoms with Gasteiger partial charge in [-0.1, -0.05) is 35.2 Å². The number of thiazole rings is 1. The number of hydrogen-bond acceptors (Lipinski definition) is 7. The lowest BCUT2D eigenvalue weighted by Crippen LogP contribution is -2.24. The standard InChI is InChI=1S/C14H15N7OS2/c1-20-10-4-2-3-5-11(10)24-13(20)16-15-12(22)8-23-14-17-18-19-21(14)9-6-7-9/h2-5,9H,6-8H2,1H3,(H,15,22)/b16-13-. The minimum Gasteiger partial charge on any atom is -0.318 e. The molecule has 1 N–H and O–H groups in total. The number of hydrogen-bond donors (Lipinski definition) is 1. The van der Waals surface area contributed by atoms with Crippen molar-refractivity contribution in [1.29, 1.82) is 0 Å². The number of aryl methyl sites for hydroxylation is 1. The number of carbonyl (C=O) groups is 1. The Balaban J connectivity index is 1.42. The number of carbonyl (C=O) groups excluding carboxylic acids is 1. The van der Waals surface area contributed by atoms with Crippen LogP contribution in [0.1, 0.15) is 18.9 Å². The molecule has 2 heterocycles. The summed E-state index contributed by atoms with van der Waals surface area (Å²) in [5.74, 6) is 0.0494. The molecule has 0 spiro atoms. The summed E-state index contributed by atoms with van der Waals surface area (Å²) >= 11 is 2.86. The van der Waals surface area contributed by atoms with Gasteiger partial charge in [-0.2, -0.15) is 0 Å². The normalized spacial score (nSPS) is 15.1. The summed E-state index contributed by atoms with van der Waals surface area (Å²) in [5, 5.41) is 16.5. The first-order chi connectivity index (χ1) is 11.7. The van der Waals surface area contributed by atoms with Crippen LogP contribution in [-0.2, 0) is 11.8 Å². The highest BCUT2D eigenvalue weighted by molar-refractivity contribution is 7.99. The number of nitrogens with zero attached hydrogens (tertiary/aromatic N) is 6. The average Bonchev–Trinajstić information content (AvgIpc) is 3.25. The van der Waals surface area contributed by atoms with Gasteiger partial charge in [-0.15, -0.1) is 10.2 Å². The molecule has 0 saturated heterocycles. The van der Waals surface area contributed by atoms with Crippen molar-refractivity contribution < 1.29 is 4.79 Å². The average molecular weight is 361 g/mol. The van der Waals surface area contributed by atoms with Crippen molar-refractivity contribution in [2.24, 2.45) is 12.1 Å². The van der Waals surface area contributed by atoms with Gasteiger partial charge in [-0.25, -0.2) is 10.1 Å². The first kappa shape index (κ1) is 15.3. The van der Waals surface area contributed by atoms with E-state index in [-0.39, 0.29) is 11.7 Å². The molecule has 0 radical (unpaired) electrons. The third-order valence-corrected chi connectivity index (χ3v) is 5.73. The Labute approximate surface area is 145 Å². The Hall–Kier alpha value is -2.20. The van der Waals surface area contributed by atoms with E-state index in [0.717, 1.165) is 27.9 Å². The predicted octanol–water partition coefficient (Wildman–Crippen LogP) is 1.29. The maximum absolute atomic E-state index is 12.0. The van der Waals surface area contributed by atoms with Gasteiger partial charge in [0.2, 0.25) is 9.96 Å². The lowest BCUT2D eigenvalue weighted by molar-refractivity contribution is -0.118. The third-order valence-electron chi connectivity index (χ3n) is 3.68. The quantitative estimate of drug-likeness (QED) is 0.546. The second kappa shape index (κ2) is 6.36. The molecule has 1 fully saturated rings. The minimum atomic E-state index is -0.178. The van der Waals surface area contributed by atoms with Gasteiger partial charge in [-0.05, 0) is 35.4 Å². The maximum Gasteiger partial charge on any atom is 0.250 e. The van der Waals surface area contributed by atoms with Gasteiger partial charge in [0.25, 0.3) is 5.91 Å². The van der Waals surface area contributed by atoms with Crippen LogP contribution in [0.2, 0.25) is 0 Å². The summed E-state index contributed by atoms with van der Waals surface area (Å²) in [7, 11) is 1.93. The molecule has 4 rings (SSSR count). The third kappa shape index (κ3) is 3.06. The molecule has 3 aromatic rings. The molecule has 0 unspecified atom stereocenters. The largest absolute Gasteiger partial charge is 0.318 e. The fourth-order valence-corrected chi connectivity index (χ4v) is 4.01. The van der Waals surface area contributed by atoms with Crippen LogP contribution >= 0.6 is 23.1 Å². The van der Waals surface area contributed by atoms with Gasteiger partial charge >= 0.3 is 0 Å². The van der Waals surface area contributed by atoms with Crippen LogP contribution in [0.25, 0.3) is 10.2 Å². The van der Waals surface area contributed by atoms with Crippen molar-refractivity contribution in [2.75, 3.05) is 5.75 Å². The van der Waals surface area contributed by atoms with E-state index < -0.39 is 0 Å². The molecule has 1 aromatic carbocycles. The molecule has 1 aliphatic carbocycles. The number of benzene rings is 1. The zero-order chi connectivity index (χ0) is 16.5. The molecule has 124 valence electrons. The van der Waals surface area contributed by atoms with Crippen LogP contribution in [0.15, 0.2) is 34.5 Å². The fraction of sp³-hybridized carbons (Fsp3) is 0.357. The summed E-state index contributed by atoms with van der Waals surface area (Å²) in [6.07, 6.45) is 2.20. The number of para-hydroxylation sites is 1.